The number of carbonyl (C=O) groups is 1. The number of aliphatic hydroxyl groups is 7. The normalized spacial score (nSPS) is 24.5. The maximum absolute atomic E-state index is 13.1. The van der Waals surface area contributed by atoms with Crippen LogP contribution in [-0.4, -0.2) is 142 Å². The zero-order valence-corrected chi connectivity index (χ0v) is 49.3. The second kappa shape index (κ2) is 51.1. The van der Waals surface area contributed by atoms with Gasteiger partial charge in [0.2, 0.25) is 0 Å². The minimum Gasteiger partial charge on any atom is -0.457 e. The van der Waals surface area contributed by atoms with Crippen molar-refractivity contribution in [2.45, 2.75) is 300 Å². The largest absolute Gasteiger partial charge is 0.457 e. The van der Waals surface area contributed by atoms with Gasteiger partial charge in [0.15, 0.2) is 12.6 Å². The number of esters is 1. The average Bonchev–Trinajstić information content (AvgIpc) is 3.46. The van der Waals surface area contributed by atoms with Gasteiger partial charge in [-0.25, -0.2) is 0 Å². The molecule has 0 aromatic carbocycles. The molecule has 11 atom stereocenters. The van der Waals surface area contributed by atoms with E-state index in [1.807, 2.05) is 0 Å². The zero-order chi connectivity index (χ0) is 57.2. The highest BCUT2D eigenvalue weighted by Crippen LogP contribution is 2.27. The summed E-state index contributed by atoms with van der Waals surface area (Å²) in [6, 6.07) is 0. The van der Waals surface area contributed by atoms with E-state index in [0.29, 0.717) is 13.0 Å². The maximum atomic E-state index is 13.1. The third-order valence-electron chi connectivity index (χ3n) is 14.7. The number of rotatable bonds is 51. The molecule has 0 saturated carbocycles. The SMILES string of the molecule is CC/C=C\C/C=C\C/C=C\C/C=C\CCCCCCCCCOCC(COC1OC(COC2OC(CO)C(O)C(O)C2O)C(O)C(O)C1O)OC(=O)CCCCCCCCCCCCCCC/C=C\C/C=C\CCCCCCC. The second-order valence-electron chi connectivity index (χ2n) is 21.8. The molecule has 11 unspecified atom stereocenters. The highest BCUT2D eigenvalue weighted by Gasteiger charge is 2.47. The first-order valence-electron chi connectivity index (χ1n) is 31.5. The van der Waals surface area contributed by atoms with Gasteiger partial charge >= 0.3 is 5.97 Å². The number of carbonyl (C=O) groups excluding carboxylic acids is 1. The van der Waals surface area contributed by atoms with Crippen LogP contribution in [0.4, 0.5) is 0 Å². The second-order valence-corrected chi connectivity index (χ2v) is 21.8. The molecule has 0 aromatic rings. The molecule has 14 nitrogen and oxygen atoms in total. The lowest BCUT2D eigenvalue weighted by Crippen LogP contribution is -2.61. The van der Waals surface area contributed by atoms with Crippen LogP contribution in [-0.2, 0) is 33.2 Å². The summed E-state index contributed by atoms with van der Waals surface area (Å²) in [4.78, 5) is 13.1. The monoisotopic (exact) mass is 1120 g/mol. The number of unbranched alkanes of at least 4 members (excludes halogenated alkanes) is 25. The molecular formula is C65H114O14. The predicted molar refractivity (Wildman–Crippen MR) is 316 cm³/mol. The Hall–Kier alpha value is -2.57. The van der Waals surface area contributed by atoms with Crippen LogP contribution in [0.1, 0.15) is 232 Å². The average molecular weight is 1120 g/mol. The van der Waals surface area contributed by atoms with Crippen molar-refractivity contribution in [1.82, 2.24) is 0 Å². The third kappa shape index (κ3) is 37.3. The Balaban J connectivity index is 1.68. The minimum absolute atomic E-state index is 0.0515. The minimum atomic E-state index is -1.71. The summed E-state index contributed by atoms with van der Waals surface area (Å²) in [7, 11) is 0. The van der Waals surface area contributed by atoms with Gasteiger partial charge in [-0.1, -0.05) is 215 Å². The van der Waals surface area contributed by atoms with Gasteiger partial charge in [0.05, 0.1) is 26.4 Å². The first-order valence-corrected chi connectivity index (χ1v) is 31.5. The van der Waals surface area contributed by atoms with Crippen LogP contribution in [0.3, 0.4) is 0 Å². The molecule has 0 aromatic heterocycles. The van der Waals surface area contributed by atoms with E-state index in [4.69, 9.17) is 28.4 Å². The Morgan fingerprint density at radius 1 is 0.430 bits per heavy atom. The molecule has 79 heavy (non-hydrogen) atoms. The van der Waals surface area contributed by atoms with Crippen LogP contribution in [0.2, 0.25) is 0 Å². The van der Waals surface area contributed by atoms with Crippen molar-refractivity contribution in [3.05, 3.63) is 72.9 Å². The summed E-state index contributed by atoms with van der Waals surface area (Å²) in [5.41, 5.74) is 0. The fourth-order valence-electron chi connectivity index (χ4n) is 9.66. The molecule has 0 spiro atoms. The molecule has 0 amide bonds. The number of hydrogen-bond donors (Lipinski definition) is 7. The quantitative estimate of drug-likeness (QED) is 0.0172. The van der Waals surface area contributed by atoms with E-state index >= 15 is 0 Å². The summed E-state index contributed by atoms with van der Waals surface area (Å²) in [6.45, 7) is 3.56. The third-order valence-corrected chi connectivity index (χ3v) is 14.7. The van der Waals surface area contributed by atoms with E-state index in [1.54, 1.807) is 0 Å². The van der Waals surface area contributed by atoms with Crippen LogP contribution < -0.4 is 0 Å². The topological polar surface area (TPSA) is 214 Å². The molecular weight excluding hydrogens is 1000 g/mol. The summed E-state index contributed by atoms with van der Waals surface area (Å²) in [6.07, 6.45) is 49.6. The number of ether oxygens (including phenoxy) is 6. The van der Waals surface area contributed by atoms with E-state index in [2.05, 4.69) is 86.8 Å². The molecule has 14 heteroatoms. The van der Waals surface area contributed by atoms with E-state index < -0.39 is 80.7 Å². The molecule has 2 rings (SSSR count). The first-order chi connectivity index (χ1) is 38.6. The van der Waals surface area contributed by atoms with Crippen LogP contribution in [0, 0.1) is 0 Å². The smallest absolute Gasteiger partial charge is 0.306 e. The lowest BCUT2D eigenvalue weighted by molar-refractivity contribution is -0.332. The van der Waals surface area contributed by atoms with Crippen molar-refractivity contribution in [1.29, 1.82) is 0 Å². The Kier molecular flexibility index (Phi) is 46.9. The van der Waals surface area contributed by atoms with Gasteiger partial charge in [-0.15, -0.1) is 0 Å². The van der Waals surface area contributed by atoms with Crippen molar-refractivity contribution < 1.29 is 69.0 Å². The molecule has 7 N–H and O–H groups in total. The van der Waals surface area contributed by atoms with Crippen molar-refractivity contribution in [2.24, 2.45) is 0 Å². The van der Waals surface area contributed by atoms with Crippen LogP contribution in [0.15, 0.2) is 72.9 Å². The van der Waals surface area contributed by atoms with Crippen LogP contribution >= 0.6 is 0 Å². The van der Waals surface area contributed by atoms with Crippen molar-refractivity contribution in [3.63, 3.8) is 0 Å². The molecule has 2 heterocycles. The molecule has 0 radical (unpaired) electrons. The molecule has 458 valence electrons. The fraction of sp³-hybridized carbons (Fsp3) is 0.800. The number of allylic oxidation sites excluding steroid dienone is 12. The highest BCUT2D eigenvalue weighted by atomic mass is 16.7. The predicted octanol–water partition coefficient (Wildman–Crippen LogP) is 12.2. The van der Waals surface area contributed by atoms with Gasteiger partial charge in [0, 0.05) is 13.0 Å². The summed E-state index contributed by atoms with van der Waals surface area (Å²) in [5, 5.41) is 72.5. The Morgan fingerprint density at radius 2 is 0.823 bits per heavy atom. The molecule has 2 fully saturated rings. The van der Waals surface area contributed by atoms with Crippen LogP contribution in [0.25, 0.3) is 0 Å². The van der Waals surface area contributed by atoms with E-state index in [1.165, 1.54) is 122 Å². The number of aliphatic hydroxyl groups excluding tert-OH is 7. The first kappa shape index (κ1) is 72.5. The van der Waals surface area contributed by atoms with Crippen molar-refractivity contribution in [2.75, 3.05) is 33.0 Å². The maximum Gasteiger partial charge on any atom is 0.306 e. The van der Waals surface area contributed by atoms with Gasteiger partial charge in [0.25, 0.3) is 0 Å². The van der Waals surface area contributed by atoms with Gasteiger partial charge in [-0.3, -0.25) is 4.79 Å². The standard InChI is InChI=1S/C65H114O14/c1-3-5-7-9-11-13-15-17-19-21-23-25-26-27-28-29-30-32-34-36-38-40-42-44-46-48-57(67)77-54(51-74-49-47-45-43-41-39-37-35-33-31-24-22-20-18-16-14-12-10-8-6-4-2)52-75-64-63(73)61(71)59(69)56(79-64)53-76-65-62(72)60(70)58(68)55(50-66)78-65/h6,8,12,14-15,17-18,20-21,23-24,31,54-56,58-66,68-73H,3-5,7,9-11,13,16,19,22,25-30,32-53H2,1-2H3/b8-6-,14-12-,17-15-,20-18-,23-21-,31-24-. The summed E-state index contributed by atoms with van der Waals surface area (Å²) < 4.78 is 34.5. The zero-order valence-electron chi connectivity index (χ0n) is 49.3. The highest BCUT2D eigenvalue weighted by molar-refractivity contribution is 5.69. The molecule has 2 aliphatic rings. The molecule has 0 bridgehead atoms. The Labute approximate surface area is 478 Å². The number of hydrogen-bond acceptors (Lipinski definition) is 14. The lowest BCUT2D eigenvalue weighted by atomic mass is 9.98. The van der Waals surface area contributed by atoms with Crippen molar-refractivity contribution in [3.8, 4) is 0 Å². The van der Waals surface area contributed by atoms with Gasteiger partial charge in [0.1, 0.15) is 54.9 Å². The van der Waals surface area contributed by atoms with E-state index in [9.17, 15) is 40.5 Å². The summed E-state index contributed by atoms with van der Waals surface area (Å²) >= 11 is 0. The van der Waals surface area contributed by atoms with E-state index in [-0.39, 0.29) is 25.6 Å². The van der Waals surface area contributed by atoms with Crippen LogP contribution in [0.5, 0.6) is 0 Å². The van der Waals surface area contributed by atoms with E-state index in [0.717, 1.165) is 83.5 Å². The fourth-order valence-corrected chi connectivity index (χ4v) is 9.66. The van der Waals surface area contributed by atoms with Gasteiger partial charge in [-0.05, 0) is 83.5 Å². The molecule has 2 saturated heterocycles. The van der Waals surface area contributed by atoms with Gasteiger partial charge in [-0.2, -0.15) is 0 Å². The summed E-state index contributed by atoms with van der Waals surface area (Å²) in [5.74, 6) is -0.381. The molecule has 2 aliphatic heterocycles. The lowest BCUT2D eigenvalue weighted by Gasteiger charge is -2.42. The Bertz CT molecular complexity index is 1580. The van der Waals surface area contributed by atoms with Gasteiger partial charge < -0.3 is 64.2 Å². The van der Waals surface area contributed by atoms with Crippen molar-refractivity contribution >= 4 is 5.97 Å². The Morgan fingerprint density at radius 3 is 1.29 bits per heavy atom. The molecule has 0 aliphatic carbocycles.